The lowest BCUT2D eigenvalue weighted by Crippen LogP contribution is -2.46. The molecule has 1 aromatic rings. The molecule has 2 heterocycles. The molecule has 0 spiro atoms. The van der Waals surface area contributed by atoms with Crippen molar-refractivity contribution in [1.82, 2.24) is 15.2 Å². The highest BCUT2D eigenvalue weighted by molar-refractivity contribution is 5.09. The van der Waals surface area contributed by atoms with Gasteiger partial charge in [-0.1, -0.05) is 6.92 Å². The first-order valence-corrected chi connectivity index (χ1v) is 7.61. The van der Waals surface area contributed by atoms with Crippen molar-refractivity contribution in [3.05, 3.63) is 30.1 Å². The summed E-state index contributed by atoms with van der Waals surface area (Å²) in [6.07, 6.45) is 6.06. The molecule has 1 aliphatic heterocycles. The van der Waals surface area contributed by atoms with Gasteiger partial charge < -0.3 is 10.1 Å². The highest BCUT2D eigenvalue weighted by Crippen LogP contribution is 2.31. The standard InChI is InChI=1S/C16H27N3O/c1-3-19(12-15-4-8-18-9-5-15)14-16(13-17-2)6-10-20-11-7-16/h4-5,8-9,17H,3,6-7,10-14H2,1-2H3. The number of hydrogen-bond acceptors (Lipinski definition) is 4. The van der Waals surface area contributed by atoms with Gasteiger partial charge in [-0.05, 0) is 49.5 Å². The monoisotopic (exact) mass is 277 g/mol. The molecule has 0 atom stereocenters. The zero-order valence-corrected chi connectivity index (χ0v) is 12.8. The van der Waals surface area contributed by atoms with E-state index in [4.69, 9.17) is 4.74 Å². The number of pyridine rings is 1. The van der Waals surface area contributed by atoms with Gasteiger partial charge in [0, 0.05) is 45.2 Å². The topological polar surface area (TPSA) is 37.4 Å². The second kappa shape index (κ2) is 7.72. The van der Waals surface area contributed by atoms with E-state index in [2.05, 4.69) is 41.3 Å². The molecule has 0 unspecified atom stereocenters. The molecule has 1 saturated heterocycles. The minimum absolute atomic E-state index is 0.357. The Bertz CT molecular complexity index is 371. The Morgan fingerprint density at radius 1 is 1.30 bits per heavy atom. The minimum atomic E-state index is 0.357. The van der Waals surface area contributed by atoms with Gasteiger partial charge in [-0.25, -0.2) is 0 Å². The first-order chi connectivity index (χ1) is 9.78. The lowest BCUT2D eigenvalue weighted by atomic mass is 9.79. The van der Waals surface area contributed by atoms with E-state index < -0.39 is 0 Å². The molecule has 1 aromatic heterocycles. The number of ether oxygens (including phenoxy) is 1. The van der Waals surface area contributed by atoms with Crippen molar-refractivity contribution in [3.63, 3.8) is 0 Å². The van der Waals surface area contributed by atoms with Gasteiger partial charge >= 0.3 is 0 Å². The first kappa shape index (κ1) is 15.4. The van der Waals surface area contributed by atoms with E-state index in [1.165, 1.54) is 5.56 Å². The Morgan fingerprint density at radius 2 is 2.00 bits per heavy atom. The smallest absolute Gasteiger partial charge is 0.0472 e. The molecular formula is C16H27N3O. The van der Waals surface area contributed by atoms with Crippen molar-refractivity contribution < 1.29 is 4.74 Å². The zero-order chi connectivity index (χ0) is 14.3. The molecule has 20 heavy (non-hydrogen) atoms. The number of rotatable bonds is 7. The Kier molecular flexibility index (Phi) is 5.95. The van der Waals surface area contributed by atoms with E-state index in [1.54, 1.807) is 0 Å². The van der Waals surface area contributed by atoms with E-state index in [1.807, 2.05) is 12.4 Å². The summed E-state index contributed by atoms with van der Waals surface area (Å²) in [4.78, 5) is 6.63. The predicted octanol–water partition coefficient (Wildman–Crippen LogP) is 1.92. The fraction of sp³-hybridized carbons (Fsp3) is 0.688. The molecule has 2 rings (SSSR count). The molecule has 112 valence electrons. The summed E-state index contributed by atoms with van der Waals surface area (Å²) in [6.45, 7) is 8.33. The highest BCUT2D eigenvalue weighted by Gasteiger charge is 2.33. The Morgan fingerprint density at radius 3 is 2.60 bits per heavy atom. The van der Waals surface area contributed by atoms with E-state index in [-0.39, 0.29) is 0 Å². The van der Waals surface area contributed by atoms with Crippen LogP contribution in [0.25, 0.3) is 0 Å². The van der Waals surface area contributed by atoms with Crippen LogP contribution < -0.4 is 5.32 Å². The molecule has 1 fully saturated rings. The summed E-state index contributed by atoms with van der Waals surface area (Å²) in [5, 5.41) is 3.38. The molecule has 0 bridgehead atoms. The van der Waals surface area contributed by atoms with Crippen LogP contribution in [0.4, 0.5) is 0 Å². The molecule has 4 nitrogen and oxygen atoms in total. The van der Waals surface area contributed by atoms with Crippen molar-refractivity contribution in [2.45, 2.75) is 26.3 Å². The van der Waals surface area contributed by atoms with Crippen LogP contribution in [0, 0.1) is 5.41 Å². The van der Waals surface area contributed by atoms with Gasteiger partial charge in [-0.15, -0.1) is 0 Å². The molecule has 0 saturated carbocycles. The summed E-state index contributed by atoms with van der Waals surface area (Å²) in [5.41, 5.74) is 1.70. The summed E-state index contributed by atoms with van der Waals surface area (Å²) < 4.78 is 5.55. The maximum absolute atomic E-state index is 5.55. The van der Waals surface area contributed by atoms with Crippen molar-refractivity contribution in [2.75, 3.05) is 39.9 Å². The van der Waals surface area contributed by atoms with Crippen LogP contribution in [-0.2, 0) is 11.3 Å². The quantitative estimate of drug-likeness (QED) is 0.826. The van der Waals surface area contributed by atoms with Crippen LogP contribution in [0.1, 0.15) is 25.3 Å². The van der Waals surface area contributed by atoms with Gasteiger partial charge in [0.1, 0.15) is 0 Å². The van der Waals surface area contributed by atoms with E-state index >= 15 is 0 Å². The minimum Gasteiger partial charge on any atom is -0.381 e. The van der Waals surface area contributed by atoms with Crippen LogP contribution in [0.2, 0.25) is 0 Å². The van der Waals surface area contributed by atoms with E-state index in [0.717, 1.165) is 52.2 Å². The van der Waals surface area contributed by atoms with Crippen LogP contribution in [0.3, 0.4) is 0 Å². The van der Waals surface area contributed by atoms with E-state index in [0.29, 0.717) is 5.41 Å². The van der Waals surface area contributed by atoms with Gasteiger partial charge in [0.15, 0.2) is 0 Å². The second-order valence-corrected chi connectivity index (χ2v) is 5.80. The van der Waals surface area contributed by atoms with Crippen LogP contribution in [0.5, 0.6) is 0 Å². The van der Waals surface area contributed by atoms with Gasteiger partial charge in [0.05, 0.1) is 0 Å². The second-order valence-electron chi connectivity index (χ2n) is 5.80. The molecule has 0 aliphatic carbocycles. The molecular weight excluding hydrogens is 250 g/mol. The van der Waals surface area contributed by atoms with Crippen molar-refractivity contribution in [3.8, 4) is 0 Å². The molecule has 1 N–H and O–H groups in total. The van der Waals surface area contributed by atoms with Gasteiger partial charge in [0.25, 0.3) is 0 Å². The van der Waals surface area contributed by atoms with E-state index in [9.17, 15) is 0 Å². The third-order valence-electron chi connectivity index (χ3n) is 4.27. The molecule has 1 aliphatic rings. The summed E-state index contributed by atoms with van der Waals surface area (Å²) >= 11 is 0. The Hall–Kier alpha value is -0.970. The van der Waals surface area contributed by atoms with Crippen LogP contribution in [0.15, 0.2) is 24.5 Å². The van der Waals surface area contributed by atoms with Crippen molar-refractivity contribution in [2.24, 2.45) is 5.41 Å². The number of nitrogens with one attached hydrogen (secondary N) is 1. The normalized spacial score (nSPS) is 18.4. The average molecular weight is 277 g/mol. The molecule has 0 amide bonds. The van der Waals surface area contributed by atoms with Gasteiger partial charge in [-0.3, -0.25) is 9.88 Å². The number of aromatic nitrogens is 1. The SMILES string of the molecule is CCN(Cc1ccncc1)CC1(CNC)CCOCC1. The highest BCUT2D eigenvalue weighted by atomic mass is 16.5. The number of nitrogens with zero attached hydrogens (tertiary/aromatic N) is 2. The summed E-state index contributed by atoms with van der Waals surface area (Å²) in [7, 11) is 2.05. The third kappa shape index (κ3) is 4.27. The van der Waals surface area contributed by atoms with Crippen LogP contribution >= 0.6 is 0 Å². The third-order valence-corrected chi connectivity index (χ3v) is 4.27. The molecule has 4 heteroatoms. The lowest BCUT2D eigenvalue weighted by molar-refractivity contribution is -0.00407. The van der Waals surface area contributed by atoms with Crippen molar-refractivity contribution in [1.29, 1.82) is 0 Å². The summed E-state index contributed by atoms with van der Waals surface area (Å²) in [5.74, 6) is 0. The molecule has 0 aromatic carbocycles. The fourth-order valence-electron chi connectivity index (χ4n) is 3.07. The average Bonchev–Trinajstić information content (AvgIpc) is 2.49. The predicted molar refractivity (Wildman–Crippen MR) is 81.6 cm³/mol. The Labute approximate surface area is 122 Å². The maximum Gasteiger partial charge on any atom is 0.0472 e. The first-order valence-electron chi connectivity index (χ1n) is 7.61. The zero-order valence-electron chi connectivity index (χ0n) is 12.8. The maximum atomic E-state index is 5.55. The van der Waals surface area contributed by atoms with Gasteiger partial charge in [0.2, 0.25) is 0 Å². The Balaban J connectivity index is 1.99. The number of hydrogen-bond donors (Lipinski definition) is 1. The van der Waals surface area contributed by atoms with Crippen LogP contribution in [-0.4, -0.2) is 49.8 Å². The molecule has 0 radical (unpaired) electrons. The lowest BCUT2D eigenvalue weighted by Gasteiger charge is -2.41. The largest absolute Gasteiger partial charge is 0.381 e. The van der Waals surface area contributed by atoms with Crippen molar-refractivity contribution >= 4 is 0 Å². The summed E-state index contributed by atoms with van der Waals surface area (Å²) in [6, 6.07) is 4.22. The fourth-order valence-corrected chi connectivity index (χ4v) is 3.07. The van der Waals surface area contributed by atoms with Gasteiger partial charge in [-0.2, -0.15) is 0 Å².